The van der Waals surface area contributed by atoms with Crippen LogP contribution in [0.3, 0.4) is 0 Å². The second kappa shape index (κ2) is 7.93. The molecule has 2 heterocycles. The molecule has 1 aromatic heterocycles. The van der Waals surface area contributed by atoms with Crippen LogP contribution in [0.1, 0.15) is 20.3 Å². The van der Waals surface area contributed by atoms with Gasteiger partial charge in [0.05, 0.1) is 11.5 Å². The van der Waals surface area contributed by atoms with Gasteiger partial charge in [-0.25, -0.2) is 8.42 Å². The third kappa shape index (κ3) is 5.04. The van der Waals surface area contributed by atoms with Gasteiger partial charge < -0.3 is 4.90 Å². The molecule has 1 aromatic carbocycles. The number of halogens is 1. The summed E-state index contributed by atoms with van der Waals surface area (Å²) in [6, 6.07) is 6.73. The lowest BCUT2D eigenvalue weighted by Crippen LogP contribution is -2.45. The van der Waals surface area contributed by atoms with Crippen molar-refractivity contribution < 1.29 is 13.2 Å². The number of nitrogens with zero attached hydrogens (tertiary/aromatic N) is 5. The minimum absolute atomic E-state index is 0.0201. The molecule has 1 aliphatic rings. The summed E-state index contributed by atoms with van der Waals surface area (Å²) in [5, 5.41) is 12.8. The fourth-order valence-corrected chi connectivity index (χ4v) is 4.96. The van der Waals surface area contributed by atoms with E-state index < -0.39 is 9.84 Å². The average molecular weight is 412 g/mol. The Morgan fingerprint density at radius 2 is 2.04 bits per heavy atom. The molecule has 2 aromatic rings. The Bertz CT molecular complexity index is 911. The number of carbonyl (C=O) groups is 1. The van der Waals surface area contributed by atoms with Crippen molar-refractivity contribution in [2.24, 2.45) is 5.92 Å². The number of hydrogen-bond donors (Lipinski definition) is 0. The van der Waals surface area contributed by atoms with E-state index in [1.165, 1.54) is 4.80 Å². The van der Waals surface area contributed by atoms with Gasteiger partial charge in [-0.2, -0.15) is 4.80 Å². The summed E-state index contributed by atoms with van der Waals surface area (Å²) in [5.41, 5.74) is 0.749. The smallest absolute Gasteiger partial charge is 0.246 e. The van der Waals surface area contributed by atoms with Gasteiger partial charge in [0, 0.05) is 23.2 Å². The molecule has 0 N–H and O–H groups in total. The van der Waals surface area contributed by atoms with Gasteiger partial charge >= 0.3 is 0 Å². The van der Waals surface area contributed by atoms with E-state index in [1.807, 2.05) is 13.8 Å². The molecule has 1 aliphatic heterocycles. The molecular weight excluding hydrogens is 390 g/mol. The molecule has 0 radical (unpaired) electrons. The van der Waals surface area contributed by atoms with Crippen LogP contribution in [0, 0.1) is 5.92 Å². The van der Waals surface area contributed by atoms with Gasteiger partial charge in [-0.05, 0) is 41.8 Å². The van der Waals surface area contributed by atoms with Gasteiger partial charge in [0.2, 0.25) is 11.7 Å². The van der Waals surface area contributed by atoms with Crippen molar-refractivity contribution in [2.45, 2.75) is 32.9 Å². The van der Waals surface area contributed by atoms with E-state index in [2.05, 4.69) is 15.4 Å². The fourth-order valence-electron chi connectivity index (χ4n) is 3.11. The highest BCUT2D eigenvalue weighted by molar-refractivity contribution is 7.91. The topological polar surface area (TPSA) is 98.1 Å². The number of rotatable bonds is 6. The summed E-state index contributed by atoms with van der Waals surface area (Å²) in [4.78, 5) is 15.7. The lowest BCUT2D eigenvalue weighted by Gasteiger charge is -2.29. The van der Waals surface area contributed by atoms with Gasteiger partial charge in [0.15, 0.2) is 9.84 Å². The Morgan fingerprint density at radius 3 is 2.63 bits per heavy atom. The first-order valence-electron chi connectivity index (χ1n) is 8.77. The highest BCUT2D eigenvalue weighted by Gasteiger charge is 2.35. The van der Waals surface area contributed by atoms with E-state index in [-0.39, 0.29) is 35.9 Å². The van der Waals surface area contributed by atoms with E-state index in [9.17, 15) is 13.2 Å². The second-order valence-corrected chi connectivity index (χ2v) is 9.81. The van der Waals surface area contributed by atoms with Crippen LogP contribution in [0.15, 0.2) is 24.3 Å². The van der Waals surface area contributed by atoms with Crippen molar-refractivity contribution in [3.8, 4) is 11.4 Å². The summed E-state index contributed by atoms with van der Waals surface area (Å²) < 4.78 is 23.6. The number of benzene rings is 1. The second-order valence-electron chi connectivity index (χ2n) is 7.15. The molecule has 10 heteroatoms. The Hall–Kier alpha value is -2.00. The summed E-state index contributed by atoms with van der Waals surface area (Å²) in [7, 11) is -3.07. The average Bonchev–Trinajstić information content (AvgIpc) is 3.19. The first kappa shape index (κ1) is 19.8. The van der Waals surface area contributed by atoms with Crippen molar-refractivity contribution in [3.63, 3.8) is 0 Å². The normalized spacial score (nSPS) is 18.7. The van der Waals surface area contributed by atoms with Crippen LogP contribution in [0.4, 0.5) is 0 Å². The molecule has 1 saturated heterocycles. The molecule has 3 rings (SSSR count). The van der Waals surface area contributed by atoms with Crippen molar-refractivity contribution >= 4 is 27.3 Å². The zero-order chi connectivity index (χ0) is 19.6. The standard InChI is InChI=1S/C17H22ClN5O3S/c1-12(2)9-22(15-7-8-27(25,26)11-15)16(24)10-23-20-17(19-21-23)13-3-5-14(18)6-4-13/h3-6,12,15H,7-11H2,1-2H3/t15-/m0/s1. The number of tetrazole rings is 1. The minimum Gasteiger partial charge on any atom is -0.337 e. The van der Waals surface area contributed by atoms with Crippen molar-refractivity contribution in [1.29, 1.82) is 0 Å². The molecule has 1 amide bonds. The van der Waals surface area contributed by atoms with Crippen LogP contribution < -0.4 is 0 Å². The molecule has 0 bridgehead atoms. The van der Waals surface area contributed by atoms with E-state index in [1.54, 1.807) is 29.2 Å². The molecule has 0 spiro atoms. The molecular formula is C17H22ClN5O3S. The minimum atomic E-state index is -3.07. The lowest BCUT2D eigenvalue weighted by molar-refractivity contribution is -0.134. The van der Waals surface area contributed by atoms with E-state index in [4.69, 9.17) is 11.6 Å². The summed E-state index contributed by atoms with van der Waals surface area (Å²) in [5.74, 6) is 0.573. The molecule has 0 aliphatic carbocycles. The Morgan fingerprint density at radius 1 is 1.33 bits per heavy atom. The van der Waals surface area contributed by atoms with Crippen LogP contribution >= 0.6 is 11.6 Å². The third-order valence-corrected chi connectivity index (χ3v) is 6.37. The lowest BCUT2D eigenvalue weighted by atomic mass is 10.1. The maximum Gasteiger partial charge on any atom is 0.246 e. The molecule has 27 heavy (non-hydrogen) atoms. The van der Waals surface area contributed by atoms with Crippen LogP contribution in [-0.2, 0) is 21.2 Å². The zero-order valence-electron chi connectivity index (χ0n) is 15.2. The van der Waals surface area contributed by atoms with Crippen molar-refractivity contribution in [2.75, 3.05) is 18.1 Å². The summed E-state index contributed by atoms with van der Waals surface area (Å²) in [6.07, 6.45) is 0.474. The quantitative estimate of drug-likeness (QED) is 0.717. The number of hydrogen-bond acceptors (Lipinski definition) is 6. The molecule has 1 atom stereocenters. The molecule has 0 unspecified atom stereocenters. The first-order valence-corrected chi connectivity index (χ1v) is 11.0. The number of sulfone groups is 1. The van der Waals surface area contributed by atoms with Crippen LogP contribution in [-0.4, -0.2) is 63.5 Å². The number of aromatic nitrogens is 4. The fraction of sp³-hybridized carbons (Fsp3) is 0.529. The number of carbonyl (C=O) groups excluding carboxylic acids is 1. The highest BCUT2D eigenvalue weighted by atomic mass is 35.5. The Kier molecular flexibility index (Phi) is 5.81. The molecule has 146 valence electrons. The van der Waals surface area contributed by atoms with Gasteiger partial charge in [-0.3, -0.25) is 4.79 Å². The van der Waals surface area contributed by atoms with Crippen LogP contribution in [0.2, 0.25) is 5.02 Å². The van der Waals surface area contributed by atoms with Crippen LogP contribution in [0.25, 0.3) is 11.4 Å². The van der Waals surface area contributed by atoms with E-state index in [0.717, 1.165) is 5.56 Å². The molecule has 8 nitrogen and oxygen atoms in total. The van der Waals surface area contributed by atoms with Crippen molar-refractivity contribution in [3.05, 3.63) is 29.3 Å². The Balaban J connectivity index is 1.73. The van der Waals surface area contributed by atoms with Gasteiger partial charge in [-0.1, -0.05) is 25.4 Å². The van der Waals surface area contributed by atoms with Gasteiger partial charge in [0.25, 0.3) is 0 Å². The predicted octanol–water partition coefficient (Wildman–Crippen LogP) is 1.67. The highest BCUT2D eigenvalue weighted by Crippen LogP contribution is 2.20. The summed E-state index contributed by atoms with van der Waals surface area (Å²) >= 11 is 5.88. The largest absolute Gasteiger partial charge is 0.337 e. The first-order chi connectivity index (χ1) is 12.7. The van der Waals surface area contributed by atoms with E-state index >= 15 is 0 Å². The SMILES string of the molecule is CC(C)CN(C(=O)Cn1nnc(-c2ccc(Cl)cc2)n1)[C@H]1CCS(=O)(=O)C1. The monoisotopic (exact) mass is 411 g/mol. The maximum atomic E-state index is 12.8. The third-order valence-electron chi connectivity index (χ3n) is 4.36. The van der Waals surface area contributed by atoms with Crippen LogP contribution in [0.5, 0.6) is 0 Å². The van der Waals surface area contributed by atoms with Gasteiger partial charge in [-0.15, -0.1) is 10.2 Å². The molecule has 1 fully saturated rings. The zero-order valence-corrected chi connectivity index (χ0v) is 16.8. The molecule has 0 saturated carbocycles. The predicted molar refractivity (Wildman–Crippen MR) is 102 cm³/mol. The Labute approximate surface area is 163 Å². The van der Waals surface area contributed by atoms with Gasteiger partial charge in [0.1, 0.15) is 6.54 Å². The van der Waals surface area contributed by atoms with Crippen molar-refractivity contribution in [1.82, 2.24) is 25.1 Å². The van der Waals surface area contributed by atoms with E-state index in [0.29, 0.717) is 23.8 Å². The summed E-state index contributed by atoms with van der Waals surface area (Å²) in [6.45, 7) is 4.41. The maximum absolute atomic E-state index is 12.8. The number of amides is 1.